The molecule has 4 heterocycles. The van der Waals surface area contributed by atoms with Gasteiger partial charge in [-0.3, -0.25) is 4.79 Å². The third-order valence-electron chi connectivity index (χ3n) is 4.60. The van der Waals surface area contributed by atoms with Crippen LogP contribution >= 0.6 is 11.3 Å². The zero-order valence-electron chi connectivity index (χ0n) is 15.1. The van der Waals surface area contributed by atoms with Crippen LogP contribution < -0.4 is 10.2 Å². The number of thiophene rings is 1. The quantitative estimate of drug-likeness (QED) is 0.730. The van der Waals surface area contributed by atoms with Gasteiger partial charge in [0.1, 0.15) is 5.82 Å². The number of carbonyl (C=O) groups is 1. The SMILES string of the molecule is CN1CCN(c2ccc(CNC(=O)c3cc(-c4cccs4)on3)cn2)CC1. The van der Waals surface area contributed by atoms with E-state index in [-0.39, 0.29) is 11.6 Å². The van der Waals surface area contributed by atoms with E-state index >= 15 is 0 Å². The maximum atomic E-state index is 12.3. The topological polar surface area (TPSA) is 74.5 Å². The third-order valence-corrected chi connectivity index (χ3v) is 5.48. The van der Waals surface area contributed by atoms with E-state index in [2.05, 4.69) is 32.3 Å². The summed E-state index contributed by atoms with van der Waals surface area (Å²) in [5.74, 6) is 1.33. The molecule has 1 aliphatic rings. The predicted octanol–water partition coefficient (Wildman–Crippen LogP) is 2.48. The van der Waals surface area contributed by atoms with Gasteiger partial charge in [0, 0.05) is 45.0 Å². The van der Waals surface area contributed by atoms with E-state index in [0.717, 1.165) is 42.4 Å². The summed E-state index contributed by atoms with van der Waals surface area (Å²) in [6, 6.07) is 9.54. The van der Waals surface area contributed by atoms with Crippen molar-refractivity contribution < 1.29 is 9.32 Å². The molecule has 0 unspecified atom stereocenters. The summed E-state index contributed by atoms with van der Waals surface area (Å²) in [6.07, 6.45) is 1.81. The molecule has 1 N–H and O–H groups in total. The number of hydrogen-bond acceptors (Lipinski definition) is 7. The van der Waals surface area contributed by atoms with Gasteiger partial charge in [-0.1, -0.05) is 17.3 Å². The number of pyridine rings is 1. The van der Waals surface area contributed by atoms with Crippen molar-refractivity contribution >= 4 is 23.1 Å². The molecule has 0 saturated carbocycles. The molecule has 1 fully saturated rings. The highest BCUT2D eigenvalue weighted by molar-refractivity contribution is 7.13. The molecule has 140 valence electrons. The maximum Gasteiger partial charge on any atom is 0.273 e. The molecule has 1 amide bonds. The van der Waals surface area contributed by atoms with Crippen molar-refractivity contribution in [2.45, 2.75) is 6.54 Å². The summed E-state index contributed by atoms with van der Waals surface area (Å²) in [6.45, 7) is 4.46. The van der Waals surface area contributed by atoms with Crippen LogP contribution in [0.1, 0.15) is 16.1 Å². The molecule has 3 aromatic rings. The van der Waals surface area contributed by atoms with E-state index in [4.69, 9.17) is 4.52 Å². The molecule has 0 radical (unpaired) electrons. The molecule has 1 aliphatic heterocycles. The van der Waals surface area contributed by atoms with Gasteiger partial charge in [0.15, 0.2) is 11.5 Å². The number of likely N-dealkylation sites (N-methyl/N-ethyl adjacent to an activating group) is 1. The minimum atomic E-state index is -0.260. The van der Waals surface area contributed by atoms with Crippen molar-refractivity contribution in [2.24, 2.45) is 0 Å². The van der Waals surface area contributed by atoms with Crippen LogP contribution in [0.15, 0.2) is 46.4 Å². The zero-order chi connectivity index (χ0) is 18.6. The lowest BCUT2D eigenvalue weighted by Crippen LogP contribution is -2.44. The zero-order valence-corrected chi connectivity index (χ0v) is 15.9. The van der Waals surface area contributed by atoms with Gasteiger partial charge in [0.2, 0.25) is 0 Å². The Morgan fingerprint density at radius 2 is 2.11 bits per heavy atom. The Bertz CT molecular complexity index is 883. The Morgan fingerprint density at radius 1 is 1.26 bits per heavy atom. The fraction of sp³-hybridized carbons (Fsp3) is 0.316. The first-order chi connectivity index (χ1) is 13.2. The Labute approximate surface area is 161 Å². The van der Waals surface area contributed by atoms with Crippen LogP contribution in [-0.2, 0) is 6.54 Å². The van der Waals surface area contributed by atoms with Crippen molar-refractivity contribution in [3.05, 3.63) is 53.2 Å². The van der Waals surface area contributed by atoms with Crippen molar-refractivity contribution in [3.63, 3.8) is 0 Å². The first kappa shape index (κ1) is 17.7. The highest BCUT2D eigenvalue weighted by Gasteiger charge is 2.16. The molecule has 4 rings (SSSR count). The number of rotatable bonds is 5. The predicted molar refractivity (Wildman–Crippen MR) is 105 cm³/mol. The molecule has 0 aromatic carbocycles. The van der Waals surface area contributed by atoms with E-state index in [9.17, 15) is 4.79 Å². The van der Waals surface area contributed by atoms with Gasteiger partial charge in [-0.15, -0.1) is 11.3 Å². The summed E-state index contributed by atoms with van der Waals surface area (Å²) in [5, 5.41) is 8.67. The van der Waals surface area contributed by atoms with Crippen LogP contribution in [0.5, 0.6) is 0 Å². The summed E-state index contributed by atoms with van der Waals surface area (Å²) < 4.78 is 5.25. The van der Waals surface area contributed by atoms with Crippen LogP contribution in [-0.4, -0.2) is 54.2 Å². The number of nitrogens with zero attached hydrogens (tertiary/aromatic N) is 4. The monoisotopic (exact) mass is 383 g/mol. The minimum Gasteiger partial charge on any atom is -0.355 e. The van der Waals surface area contributed by atoms with Gasteiger partial charge >= 0.3 is 0 Å². The lowest BCUT2D eigenvalue weighted by Gasteiger charge is -2.33. The lowest BCUT2D eigenvalue weighted by molar-refractivity contribution is 0.0942. The van der Waals surface area contributed by atoms with Gasteiger partial charge in [0.05, 0.1) is 4.88 Å². The maximum absolute atomic E-state index is 12.3. The highest BCUT2D eigenvalue weighted by atomic mass is 32.1. The van der Waals surface area contributed by atoms with Gasteiger partial charge < -0.3 is 19.6 Å². The van der Waals surface area contributed by atoms with Crippen LogP contribution in [0.4, 0.5) is 5.82 Å². The molecule has 1 saturated heterocycles. The van der Waals surface area contributed by atoms with Gasteiger partial charge in [-0.05, 0) is 30.1 Å². The Hall–Kier alpha value is -2.71. The average molecular weight is 383 g/mol. The Balaban J connectivity index is 1.32. The van der Waals surface area contributed by atoms with Crippen molar-refractivity contribution in [3.8, 4) is 10.6 Å². The van der Waals surface area contributed by atoms with Crippen molar-refractivity contribution in [2.75, 3.05) is 38.1 Å². The number of nitrogens with one attached hydrogen (secondary N) is 1. The van der Waals surface area contributed by atoms with Crippen LogP contribution in [0.2, 0.25) is 0 Å². The normalized spacial score (nSPS) is 15.1. The first-order valence-electron chi connectivity index (χ1n) is 8.86. The average Bonchev–Trinajstić information content (AvgIpc) is 3.39. The van der Waals surface area contributed by atoms with Crippen molar-refractivity contribution in [1.29, 1.82) is 0 Å². The molecule has 0 spiro atoms. The Kier molecular flexibility index (Phi) is 5.17. The summed E-state index contributed by atoms with van der Waals surface area (Å²) in [7, 11) is 2.13. The van der Waals surface area contributed by atoms with Crippen LogP contribution in [0.3, 0.4) is 0 Å². The number of amides is 1. The first-order valence-corrected chi connectivity index (χ1v) is 9.74. The number of carbonyl (C=O) groups excluding carboxylic acids is 1. The van der Waals surface area contributed by atoms with Gasteiger partial charge in [0.25, 0.3) is 5.91 Å². The smallest absolute Gasteiger partial charge is 0.273 e. The van der Waals surface area contributed by atoms with E-state index in [1.165, 1.54) is 0 Å². The van der Waals surface area contributed by atoms with Gasteiger partial charge in [-0.25, -0.2) is 4.98 Å². The molecular formula is C19H21N5O2S. The molecular weight excluding hydrogens is 362 g/mol. The molecule has 0 aliphatic carbocycles. The fourth-order valence-corrected chi connectivity index (χ4v) is 3.61. The summed E-state index contributed by atoms with van der Waals surface area (Å²) in [5.41, 5.74) is 1.23. The van der Waals surface area contributed by atoms with Crippen LogP contribution in [0, 0.1) is 0 Å². The second-order valence-corrected chi connectivity index (χ2v) is 7.50. The van der Waals surface area contributed by atoms with E-state index < -0.39 is 0 Å². The molecule has 7 nitrogen and oxygen atoms in total. The second kappa shape index (κ2) is 7.89. The molecule has 3 aromatic heterocycles. The van der Waals surface area contributed by atoms with E-state index in [1.54, 1.807) is 17.4 Å². The summed E-state index contributed by atoms with van der Waals surface area (Å²) in [4.78, 5) is 22.4. The molecule has 0 bridgehead atoms. The van der Waals surface area contributed by atoms with E-state index in [1.807, 2.05) is 35.8 Å². The number of anilines is 1. The second-order valence-electron chi connectivity index (χ2n) is 6.55. The molecule has 0 atom stereocenters. The fourth-order valence-electron chi connectivity index (χ4n) is 2.93. The van der Waals surface area contributed by atoms with Gasteiger partial charge in [-0.2, -0.15) is 0 Å². The van der Waals surface area contributed by atoms with E-state index in [0.29, 0.717) is 12.3 Å². The number of aromatic nitrogens is 2. The lowest BCUT2D eigenvalue weighted by atomic mass is 10.2. The summed E-state index contributed by atoms with van der Waals surface area (Å²) >= 11 is 1.54. The van der Waals surface area contributed by atoms with Crippen molar-refractivity contribution in [1.82, 2.24) is 20.4 Å². The standard InChI is InChI=1S/C19H21N5O2S/c1-23-6-8-24(9-7-23)18-5-4-14(12-20-18)13-21-19(25)15-11-16(26-22-15)17-3-2-10-27-17/h2-5,10-12H,6-9,13H2,1H3,(H,21,25). The highest BCUT2D eigenvalue weighted by Crippen LogP contribution is 2.25. The minimum absolute atomic E-state index is 0.260. The Morgan fingerprint density at radius 3 is 2.81 bits per heavy atom. The molecule has 8 heteroatoms. The number of piperazine rings is 1. The molecule has 27 heavy (non-hydrogen) atoms. The van der Waals surface area contributed by atoms with Crippen LogP contribution in [0.25, 0.3) is 10.6 Å². The third kappa shape index (κ3) is 4.17. The largest absolute Gasteiger partial charge is 0.355 e. The number of hydrogen-bond donors (Lipinski definition) is 1.